The molecule has 0 amide bonds. The van der Waals surface area contributed by atoms with E-state index >= 15 is 0 Å². The number of para-hydroxylation sites is 1. The highest BCUT2D eigenvalue weighted by atomic mass is 79.9. The minimum Gasteiger partial charge on any atom is -0.486 e. The Morgan fingerprint density at radius 3 is 2.61 bits per heavy atom. The van der Waals surface area contributed by atoms with Crippen molar-refractivity contribution in [1.29, 1.82) is 0 Å². The van der Waals surface area contributed by atoms with Gasteiger partial charge in [-0.2, -0.15) is 0 Å². The lowest BCUT2D eigenvalue weighted by Crippen LogP contribution is -2.19. The van der Waals surface area contributed by atoms with E-state index in [9.17, 15) is 10.1 Å². The van der Waals surface area contributed by atoms with E-state index in [1.165, 1.54) is 6.07 Å². The highest BCUT2D eigenvalue weighted by Gasteiger charge is 2.19. The molecule has 0 aliphatic carbocycles. The van der Waals surface area contributed by atoms with Crippen molar-refractivity contribution in [1.82, 2.24) is 0 Å². The molecule has 0 aromatic heterocycles. The summed E-state index contributed by atoms with van der Waals surface area (Å²) in [5.74, 6) is 1.19. The third-order valence-corrected chi connectivity index (χ3v) is 3.80. The fraction of sp³-hybridized carbons (Fsp3) is 0.538. The van der Waals surface area contributed by atoms with Gasteiger partial charge in [-0.1, -0.05) is 41.9 Å². The summed E-state index contributed by atoms with van der Waals surface area (Å²) in [4.78, 5) is 10.5. The first kappa shape index (κ1) is 15.0. The highest BCUT2D eigenvalue weighted by molar-refractivity contribution is 9.09. The van der Waals surface area contributed by atoms with Crippen molar-refractivity contribution in [3.05, 3.63) is 33.9 Å². The Balaban J connectivity index is 2.87. The summed E-state index contributed by atoms with van der Waals surface area (Å²) >= 11 is 3.44. The zero-order chi connectivity index (χ0) is 13.7. The van der Waals surface area contributed by atoms with Gasteiger partial charge in [-0.3, -0.25) is 10.1 Å². The number of hydrogen-bond acceptors (Lipinski definition) is 3. The van der Waals surface area contributed by atoms with Crippen LogP contribution in [0.3, 0.4) is 0 Å². The average molecular weight is 316 g/mol. The van der Waals surface area contributed by atoms with E-state index in [0.29, 0.717) is 24.2 Å². The van der Waals surface area contributed by atoms with Gasteiger partial charge in [0, 0.05) is 17.3 Å². The number of ether oxygens (including phenoxy) is 1. The zero-order valence-electron chi connectivity index (χ0n) is 10.9. The van der Waals surface area contributed by atoms with E-state index in [2.05, 4.69) is 29.8 Å². The lowest BCUT2D eigenvalue weighted by Gasteiger charge is -2.19. The fourth-order valence-electron chi connectivity index (χ4n) is 1.57. The molecule has 1 rings (SSSR count). The van der Waals surface area contributed by atoms with Gasteiger partial charge in [-0.15, -0.1) is 0 Å². The maximum Gasteiger partial charge on any atom is 0.311 e. The molecule has 1 unspecified atom stereocenters. The number of nitrogens with zero attached hydrogens (tertiary/aromatic N) is 1. The minimum atomic E-state index is -0.402. The summed E-state index contributed by atoms with van der Waals surface area (Å²) in [5, 5.41) is 11.8. The van der Waals surface area contributed by atoms with E-state index in [0.717, 1.165) is 10.9 Å². The van der Waals surface area contributed by atoms with Crippen LogP contribution in [0.1, 0.15) is 19.4 Å². The molecule has 0 saturated carbocycles. The Morgan fingerprint density at radius 2 is 2.11 bits per heavy atom. The number of nitro groups is 1. The lowest BCUT2D eigenvalue weighted by molar-refractivity contribution is -0.386. The number of hydrogen-bond donors (Lipinski definition) is 0. The predicted molar refractivity (Wildman–Crippen MR) is 75.5 cm³/mol. The van der Waals surface area contributed by atoms with Crippen LogP contribution >= 0.6 is 15.9 Å². The van der Waals surface area contributed by atoms with Crippen molar-refractivity contribution in [2.24, 2.45) is 11.8 Å². The molecule has 100 valence electrons. The maximum atomic E-state index is 10.9. The second-order valence-corrected chi connectivity index (χ2v) is 5.30. The van der Waals surface area contributed by atoms with Gasteiger partial charge in [0.15, 0.2) is 5.75 Å². The summed E-state index contributed by atoms with van der Waals surface area (Å²) in [6.45, 7) is 6.53. The second-order valence-electron chi connectivity index (χ2n) is 4.65. The van der Waals surface area contributed by atoms with Crippen LogP contribution in [0.2, 0.25) is 0 Å². The minimum absolute atomic E-state index is 0.0343. The summed E-state index contributed by atoms with van der Waals surface area (Å²) in [7, 11) is 0. The molecule has 0 bridgehead atoms. The SMILES string of the molecule is Cc1cccc([N+](=O)[O-])c1OCC(CBr)C(C)C. The average Bonchev–Trinajstić information content (AvgIpc) is 2.30. The first-order chi connectivity index (χ1) is 8.47. The van der Waals surface area contributed by atoms with Gasteiger partial charge in [-0.05, 0) is 18.4 Å². The van der Waals surface area contributed by atoms with Gasteiger partial charge in [0.1, 0.15) is 0 Å². The molecule has 0 fully saturated rings. The molecule has 0 aliphatic heterocycles. The second kappa shape index (κ2) is 6.73. The van der Waals surface area contributed by atoms with Gasteiger partial charge in [0.2, 0.25) is 0 Å². The zero-order valence-corrected chi connectivity index (χ0v) is 12.4. The van der Waals surface area contributed by atoms with Crippen LogP contribution in [0.4, 0.5) is 5.69 Å². The van der Waals surface area contributed by atoms with Gasteiger partial charge in [0.25, 0.3) is 0 Å². The number of halogens is 1. The van der Waals surface area contributed by atoms with E-state index in [-0.39, 0.29) is 5.69 Å². The molecule has 1 atom stereocenters. The molecule has 0 radical (unpaired) electrons. The van der Waals surface area contributed by atoms with Gasteiger partial charge in [0.05, 0.1) is 11.5 Å². The van der Waals surface area contributed by atoms with Crippen LogP contribution in [0.15, 0.2) is 18.2 Å². The highest BCUT2D eigenvalue weighted by Crippen LogP contribution is 2.31. The summed E-state index contributed by atoms with van der Waals surface area (Å²) < 4.78 is 5.67. The largest absolute Gasteiger partial charge is 0.486 e. The first-order valence-corrected chi connectivity index (χ1v) is 7.02. The normalized spacial score (nSPS) is 12.5. The molecule has 18 heavy (non-hydrogen) atoms. The van der Waals surface area contributed by atoms with Crippen molar-refractivity contribution >= 4 is 21.6 Å². The van der Waals surface area contributed by atoms with E-state index in [4.69, 9.17) is 4.74 Å². The van der Waals surface area contributed by atoms with E-state index in [1.807, 2.05) is 13.0 Å². The monoisotopic (exact) mass is 315 g/mol. The number of alkyl halides is 1. The van der Waals surface area contributed by atoms with E-state index in [1.54, 1.807) is 6.07 Å². The molecular formula is C13H18BrNO3. The Labute approximate surface area is 116 Å². The Hall–Kier alpha value is -1.10. The third kappa shape index (κ3) is 3.70. The van der Waals surface area contributed by atoms with E-state index < -0.39 is 4.92 Å². The molecule has 5 heteroatoms. The first-order valence-electron chi connectivity index (χ1n) is 5.90. The van der Waals surface area contributed by atoms with Crippen molar-refractivity contribution in [2.75, 3.05) is 11.9 Å². The maximum absolute atomic E-state index is 10.9. The van der Waals surface area contributed by atoms with Crippen molar-refractivity contribution in [2.45, 2.75) is 20.8 Å². The Morgan fingerprint density at radius 1 is 1.44 bits per heavy atom. The Bertz CT molecular complexity index is 421. The van der Waals surface area contributed by atoms with Gasteiger partial charge >= 0.3 is 5.69 Å². The summed E-state index contributed by atoms with van der Waals surface area (Å²) in [6.07, 6.45) is 0. The van der Waals surface area contributed by atoms with Gasteiger partial charge < -0.3 is 4.74 Å². The quantitative estimate of drug-likeness (QED) is 0.453. The number of benzene rings is 1. The van der Waals surface area contributed by atoms with Crippen LogP contribution in [-0.4, -0.2) is 16.9 Å². The molecule has 1 aromatic rings. The summed E-state index contributed by atoms with van der Waals surface area (Å²) in [5.41, 5.74) is 0.827. The smallest absolute Gasteiger partial charge is 0.311 e. The molecule has 0 heterocycles. The molecule has 4 nitrogen and oxygen atoms in total. The van der Waals surface area contributed by atoms with Crippen LogP contribution in [-0.2, 0) is 0 Å². The lowest BCUT2D eigenvalue weighted by atomic mass is 9.99. The molecular weight excluding hydrogens is 298 g/mol. The molecule has 0 aliphatic rings. The number of nitro benzene ring substituents is 1. The van der Waals surface area contributed by atoms with Crippen molar-refractivity contribution in [3.63, 3.8) is 0 Å². The number of aryl methyl sites for hydroxylation is 1. The summed E-state index contributed by atoms with van der Waals surface area (Å²) in [6, 6.07) is 4.96. The van der Waals surface area contributed by atoms with Gasteiger partial charge in [-0.25, -0.2) is 0 Å². The predicted octanol–water partition coefficient (Wildman–Crippen LogP) is 3.95. The Kier molecular flexibility index (Phi) is 5.59. The number of rotatable bonds is 6. The molecule has 0 spiro atoms. The molecule has 0 N–H and O–H groups in total. The van der Waals surface area contributed by atoms with Crippen molar-refractivity contribution in [3.8, 4) is 5.75 Å². The van der Waals surface area contributed by atoms with Crippen LogP contribution in [0.5, 0.6) is 5.75 Å². The fourth-order valence-corrected chi connectivity index (χ4v) is 2.51. The topological polar surface area (TPSA) is 52.4 Å². The van der Waals surface area contributed by atoms with Crippen LogP contribution in [0.25, 0.3) is 0 Å². The van der Waals surface area contributed by atoms with Crippen LogP contribution < -0.4 is 4.74 Å². The third-order valence-electron chi connectivity index (χ3n) is 2.97. The van der Waals surface area contributed by atoms with Crippen molar-refractivity contribution < 1.29 is 9.66 Å². The standard InChI is InChI=1S/C13H18BrNO3/c1-9(2)11(7-14)8-18-13-10(3)5-4-6-12(13)15(16)17/h4-6,9,11H,7-8H2,1-3H3. The van der Waals surface area contributed by atoms with Crippen LogP contribution in [0, 0.1) is 28.9 Å². The molecule has 1 aromatic carbocycles. The molecule has 0 saturated heterocycles.